The molecule has 0 saturated carbocycles. The van der Waals surface area contributed by atoms with Gasteiger partial charge in [-0.05, 0) is 27.9 Å². The monoisotopic (exact) mass is 265 g/mol. The third-order valence-corrected chi connectivity index (χ3v) is 4.08. The molecule has 14 heavy (non-hydrogen) atoms. The van der Waals surface area contributed by atoms with E-state index >= 15 is 0 Å². The first kappa shape index (κ1) is 9.94. The Bertz CT molecular complexity index is 417. The molecule has 1 radical (unpaired) electrons. The summed E-state index contributed by atoms with van der Waals surface area (Å²) < 4.78 is 1.18. The highest BCUT2D eigenvalue weighted by atomic mass is 79.9. The molecule has 0 nitrogen and oxygen atoms in total. The second-order valence-corrected chi connectivity index (χ2v) is 4.74. The fraction of sp³-hybridized carbons (Fsp3) is 0.0833. The summed E-state index contributed by atoms with van der Waals surface area (Å²) in [4.78, 5) is 1.32. The Morgan fingerprint density at radius 2 is 1.93 bits per heavy atom. The Morgan fingerprint density at radius 1 is 1.21 bits per heavy atom. The molecular formula is C12H10BrS. The predicted molar refractivity (Wildman–Crippen MR) is 66.5 cm³/mol. The van der Waals surface area contributed by atoms with Gasteiger partial charge < -0.3 is 0 Å². The minimum Gasteiger partial charge on any atom is -0.147 e. The van der Waals surface area contributed by atoms with Gasteiger partial charge in [-0.3, -0.25) is 0 Å². The van der Waals surface area contributed by atoms with Crippen molar-refractivity contribution in [2.24, 2.45) is 0 Å². The van der Waals surface area contributed by atoms with Crippen LogP contribution in [0, 0.1) is 6.42 Å². The van der Waals surface area contributed by atoms with Gasteiger partial charge in [-0.1, -0.05) is 37.3 Å². The van der Waals surface area contributed by atoms with Crippen molar-refractivity contribution in [3.63, 3.8) is 0 Å². The molecule has 1 aromatic carbocycles. The zero-order valence-electron chi connectivity index (χ0n) is 7.83. The molecule has 0 spiro atoms. The van der Waals surface area contributed by atoms with Gasteiger partial charge in [0.2, 0.25) is 0 Å². The fourth-order valence-electron chi connectivity index (χ4n) is 1.45. The van der Waals surface area contributed by atoms with Gasteiger partial charge in [-0.2, -0.15) is 0 Å². The lowest BCUT2D eigenvalue weighted by Crippen LogP contribution is -1.79. The second-order valence-electron chi connectivity index (χ2n) is 2.98. The van der Waals surface area contributed by atoms with E-state index in [9.17, 15) is 0 Å². The predicted octanol–water partition coefficient (Wildman–Crippen LogP) is 4.75. The first-order chi connectivity index (χ1) is 6.83. The van der Waals surface area contributed by atoms with Crippen LogP contribution in [0.15, 0.2) is 40.2 Å². The molecule has 2 heteroatoms. The number of benzene rings is 1. The molecule has 2 rings (SSSR count). The summed E-state index contributed by atoms with van der Waals surface area (Å²) in [6.45, 7) is 2.07. The van der Waals surface area contributed by atoms with Crippen LogP contribution in [0.1, 0.15) is 11.8 Å². The number of rotatable bonds is 2. The highest BCUT2D eigenvalue weighted by Crippen LogP contribution is 2.37. The van der Waals surface area contributed by atoms with E-state index < -0.39 is 0 Å². The van der Waals surface area contributed by atoms with Gasteiger partial charge in [-0.15, -0.1) is 11.3 Å². The molecule has 0 unspecified atom stereocenters. The average molecular weight is 266 g/mol. The van der Waals surface area contributed by atoms with Crippen LogP contribution in [-0.2, 0) is 0 Å². The number of halogens is 1. The maximum Gasteiger partial charge on any atom is 0.0363 e. The van der Waals surface area contributed by atoms with Crippen LogP contribution in [0.5, 0.6) is 0 Å². The van der Waals surface area contributed by atoms with Crippen LogP contribution in [-0.4, -0.2) is 0 Å². The number of hydrogen-bond donors (Lipinski definition) is 0. The van der Waals surface area contributed by atoms with Gasteiger partial charge in [0.15, 0.2) is 0 Å². The molecule has 0 amide bonds. The lowest BCUT2D eigenvalue weighted by molar-refractivity contribution is 1.50. The Labute approximate surface area is 96.7 Å². The first-order valence-corrected chi connectivity index (χ1v) is 6.12. The topological polar surface area (TPSA) is 0 Å². The van der Waals surface area contributed by atoms with Crippen molar-refractivity contribution in [2.45, 2.75) is 6.92 Å². The summed E-state index contributed by atoms with van der Waals surface area (Å²) in [6.07, 6.45) is 2.15. The van der Waals surface area contributed by atoms with Crippen LogP contribution >= 0.6 is 27.3 Å². The summed E-state index contributed by atoms with van der Waals surface area (Å²) in [5.74, 6) is 0. The molecule has 1 aromatic heterocycles. The molecule has 71 valence electrons. The van der Waals surface area contributed by atoms with E-state index in [0.717, 1.165) is 0 Å². The molecule has 0 N–H and O–H groups in total. The molecular weight excluding hydrogens is 256 g/mol. The summed E-state index contributed by atoms with van der Waals surface area (Å²) in [7, 11) is 0. The van der Waals surface area contributed by atoms with Crippen molar-refractivity contribution < 1.29 is 0 Å². The van der Waals surface area contributed by atoms with Crippen molar-refractivity contribution in [1.29, 1.82) is 0 Å². The zero-order valence-corrected chi connectivity index (χ0v) is 10.2. The van der Waals surface area contributed by atoms with Crippen molar-refractivity contribution in [3.8, 4) is 11.1 Å². The van der Waals surface area contributed by atoms with Gasteiger partial charge in [0.25, 0.3) is 0 Å². The fourth-order valence-corrected chi connectivity index (χ4v) is 3.13. The molecule has 0 aliphatic heterocycles. The first-order valence-electron chi connectivity index (χ1n) is 4.44. The average Bonchev–Trinajstić information content (AvgIpc) is 2.61. The van der Waals surface area contributed by atoms with Gasteiger partial charge in [-0.25, -0.2) is 0 Å². The number of thiophene rings is 1. The Kier molecular flexibility index (Phi) is 3.04. The third-order valence-electron chi connectivity index (χ3n) is 2.10. The van der Waals surface area contributed by atoms with E-state index in [1.807, 2.05) is 6.07 Å². The molecule has 0 fully saturated rings. The van der Waals surface area contributed by atoms with E-state index in [1.165, 1.54) is 20.5 Å². The minimum atomic E-state index is 1.18. The highest BCUT2D eigenvalue weighted by Gasteiger charge is 2.09. The Hall–Kier alpha value is -0.600. The molecule has 0 bridgehead atoms. The van der Waals surface area contributed by atoms with Crippen LogP contribution in [0.25, 0.3) is 11.1 Å². The smallest absolute Gasteiger partial charge is 0.0363 e. The third kappa shape index (κ3) is 1.77. The SMILES string of the molecule is C[CH]c1scc(Br)c1-c1ccccc1. The molecule has 0 atom stereocenters. The molecule has 1 heterocycles. The van der Waals surface area contributed by atoms with E-state index in [4.69, 9.17) is 0 Å². The van der Waals surface area contributed by atoms with Gasteiger partial charge in [0, 0.05) is 20.3 Å². The molecule has 0 aliphatic carbocycles. The minimum absolute atomic E-state index is 1.18. The van der Waals surface area contributed by atoms with Crippen molar-refractivity contribution in [2.75, 3.05) is 0 Å². The van der Waals surface area contributed by atoms with Crippen LogP contribution in [0.2, 0.25) is 0 Å². The van der Waals surface area contributed by atoms with Gasteiger partial charge in [0.05, 0.1) is 0 Å². The molecule has 0 aliphatic rings. The quantitative estimate of drug-likeness (QED) is 0.735. The van der Waals surface area contributed by atoms with Crippen LogP contribution < -0.4 is 0 Å². The van der Waals surface area contributed by atoms with E-state index in [-0.39, 0.29) is 0 Å². The highest BCUT2D eigenvalue weighted by molar-refractivity contribution is 9.10. The summed E-state index contributed by atoms with van der Waals surface area (Å²) in [5, 5.41) is 2.14. The second kappa shape index (κ2) is 4.28. The zero-order chi connectivity index (χ0) is 9.97. The van der Waals surface area contributed by atoms with Crippen molar-refractivity contribution in [3.05, 3.63) is 51.5 Å². The maximum absolute atomic E-state index is 3.59. The number of hydrogen-bond acceptors (Lipinski definition) is 1. The molecule has 2 aromatic rings. The lowest BCUT2D eigenvalue weighted by atomic mass is 10.1. The van der Waals surface area contributed by atoms with Gasteiger partial charge >= 0.3 is 0 Å². The summed E-state index contributed by atoms with van der Waals surface area (Å²) in [6, 6.07) is 10.5. The van der Waals surface area contributed by atoms with Crippen LogP contribution in [0.3, 0.4) is 0 Å². The standard InChI is InChI=1S/C12H10BrS/c1-2-11-12(10(13)8-14-11)9-6-4-3-5-7-9/h2-8H,1H3. The Balaban J connectivity index is 2.55. The maximum atomic E-state index is 3.59. The normalized spacial score (nSPS) is 10.4. The Morgan fingerprint density at radius 3 is 2.57 bits per heavy atom. The summed E-state index contributed by atoms with van der Waals surface area (Å²) in [5.41, 5.74) is 2.58. The van der Waals surface area contributed by atoms with E-state index in [1.54, 1.807) is 11.3 Å². The van der Waals surface area contributed by atoms with Crippen molar-refractivity contribution in [1.82, 2.24) is 0 Å². The largest absolute Gasteiger partial charge is 0.147 e. The van der Waals surface area contributed by atoms with E-state index in [2.05, 4.69) is 58.9 Å². The van der Waals surface area contributed by atoms with Gasteiger partial charge in [0.1, 0.15) is 0 Å². The lowest BCUT2D eigenvalue weighted by Gasteiger charge is -2.02. The summed E-state index contributed by atoms with van der Waals surface area (Å²) >= 11 is 5.35. The van der Waals surface area contributed by atoms with Crippen LogP contribution in [0.4, 0.5) is 0 Å². The van der Waals surface area contributed by atoms with E-state index in [0.29, 0.717) is 0 Å². The van der Waals surface area contributed by atoms with Crippen molar-refractivity contribution >= 4 is 27.3 Å². The molecule has 0 saturated heterocycles.